The molecule has 1 amide bonds. The molecule has 0 spiro atoms. The lowest BCUT2D eigenvalue weighted by atomic mass is 9.82. The molecule has 2 N–H and O–H groups in total. The van der Waals surface area contributed by atoms with Crippen LogP contribution < -0.4 is 10.6 Å². The minimum Gasteiger partial charge on any atom is -0.368 e. The van der Waals surface area contributed by atoms with Gasteiger partial charge in [-0.1, -0.05) is 50.7 Å². The number of hydrogen-bond acceptors (Lipinski definition) is 4. The van der Waals surface area contributed by atoms with Crippen LogP contribution in [0.5, 0.6) is 0 Å². The van der Waals surface area contributed by atoms with Gasteiger partial charge in [-0.2, -0.15) is 0 Å². The van der Waals surface area contributed by atoms with E-state index in [0.29, 0.717) is 5.92 Å². The molecule has 1 unspecified atom stereocenters. The molecule has 2 aliphatic rings. The summed E-state index contributed by atoms with van der Waals surface area (Å²) in [5.41, 5.74) is 10.3. The largest absolute Gasteiger partial charge is 0.368 e. The average Bonchev–Trinajstić information content (AvgIpc) is 3.29. The highest BCUT2D eigenvalue weighted by Crippen LogP contribution is 2.42. The van der Waals surface area contributed by atoms with Crippen molar-refractivity contribution >= 4 is 22.8 Å². The molecule has 2 aromatic heterocycles. The van der Waals surface area contributed by atoms with Gasteiger partial charge in [-0.3, -0.25) is 4.79 Å². The SMILES string of the molecule is CCN(CC)c1ccc(-c2nc3ccccc3n2C(C(N)=O)C2CCCCC2)c(C2CCCCC2)n1. The molecule has 0 bridgehead atoms. The predicted octanol–water partition coefficient (Wildman–Crippen LogP) is 6.60. The number of imidazole rings is 1. The number of pyridine rings is 1. The highest BCUT2D eigenvalue weighted by molar-refractivity contribution is 5.87. The quantitative estimate of drug-likeness (QED) is 0.388. The van der Waals surface area contributed by atoms with E-state index in [1.807, 2.05) is 18.2 Å². The average molecular weight is 488 g/mol. The van der Waals surface area contributed by atoms with Crippen molar-refractivity contribution in [2.45, 2.75) is 90.0 Å². The second-order valence-electron chi connectivity index (χ2n) is 10.6. The fraction of sp³-hybridized carbons (Fsp3) is 0.567. The maximum absolute atomic E-state index is 13.1. The van der Waals surface area contributed by atoms with Crippen molar-refractivity contribution in [2.24, 2.45) is 11.7 Å². The fourth-order valence-corrected chi connectivity index (χ4v) is 6.60. The third-order valence-electron chi connectivity index (χ3n) is 8.49. The number of hydrogen-bond donors (Lipinski definition) is 1. The first kappa shape index (κ1) is 24.8. The Kier molecular flexibility index (Phi) is 7.59. The van der Waals surface area contributed by atoms with E-state index in [9.17, 15) is 4.79 Å². The number of nitrogens with two attached hydrogens (primary N) is 1. The number of carbonyl (C=O) groups excluding carboxylic acids is 1. The van der Waals surface area contributed by atoms with Crippen molar-refractivity contribution in [2.75, 3.05) is 18.0 Å². The summed E-state index contributed by atoms with van der Waals surface area (Å²) in [6.07, 6.45) is 11.7. The van der Waals surface area contributed by atoms with Crippen molar-refractivity contribution in [3.63, 3.8) is 0 Å². The van der Waals surface area contributed by atoms with Gasteiger partial charge in [-0.25, -0.2) is 9.97 Å². The Hall–Kier alpha value is -2.89. The number of amides is 1. The van der Waals surface area contributed by atoms with Gasteiger partial charge in [0.1, 0.15) is 17.7 Å². The monoisotopic (exact) mass is 487 g/mol. The van der Waals surface area contributed by atoms with Gasteiger partial charge in [0.15, 0.2) is 0 Å². The molecule has 1 aromatic carbocycles. The number of carbonyl (C=O) groups is 1. The van der Waals surface area contributed by atoms with Gasteiger partial charge in [0.25, 0.3) is 0 Å². The van der Waals surface area contributed by atoms with Gasteiger partial charge in [0.2, 0.25) is 5.91 Å². The van der Waals surface area contributed by atoms with Gasteiger partial charge >= 0.3 is 0 Å². The lowest BCUT2D eigenvalue weighted by Crippen LogP contribution is -2.34. The molecule has 6 nitrogen and oxygen atoms in total. The summed E-state index contributed by atoms with van der Waals surface area (Å²) in [6, 6.07) is 12.1. The Morgan fingerprint density at radius 3 is 2.28 bits per heavy atom. The van der Waals surface area contributed by atoms with Gasteiger partial charge in [0, 0.05) is 24.6 Å². The third-order valence-corrected chi connectivity index (χ3v) is 8.49. The van der Waals surface area contributed by atoms with Crippen molar-refractivity contribution in [1.82, 2.24) is 14.5 Å². The standard InChI is InChI=1S/C30H41N5O/c1-3-34(4-2)26-20-19-23(27(33-26)21-13-7-5-8-14-21)30-32-24-17-11-12-18-25(24)35(30)28(29(31)36)22-15-9-6-10-16-22/h11-12,17-22,28H,3-10,13-16H2,1-2H3,(H2,31,36). The number of nitrogens with zero attached hydrogens (tertiary/aromatic N) is 4. The van der Waals surface area contributed by atoms with Gasteiger partial charge in [-0.15, -0.1) is 0 Å². The first-order valence-electron chi connectivity index (χ1n) is 14.1. The minimum absolute atomic E-state index is 0.244. The molecular formula is C30H41N5O. The smallest absolute Gasteiger partial charge is 0.240 e. The van der Waals surface area contributed by atoms with Gasteiger partial charge in [-0.05, 0) is 69.7 Å². The van der Waals surface area contributed by atoms with Gasteiger partial charge < -0.3 is 15.2 Å². The summed E-state index contributed by atoms with van der Waals surface area (Å²) in [4.78, 5) is 25.8. The van der Waals surface area contributed by atoms with Crippen molar-refractivity contribution in [1.29, 1.82) is 0 Å². The second kappa shape index (κ2) is 11.0. The van der Waals surface area contributed by atoms with Crippen LogP contribution in [0.25, 0.3) is 22.4 Å². The number of para-hydroxylation sites is 2. The van der Waals surface area contributed by atoms with Crippen LogP contribution in [0.4, 0.5) is 5.82 Å². The summed E-state index contributed by atoms with van der Waals surface area (Å²) in [5.74, 6) is 2.29. The van der Waals surface area contributed by atoms with E-state index in [1.165, 1.54) is 25.7 Å². The zero-order chi connectivity index (χ0) is 25.1. The lowest BCUT2D eigenvalue weighted by molar-refractivity contribution is -0.122. The molecule has 2 aliphatic carbocycles. The zero-order valence-electron chi connectivity index (χ0n) is 22.0. The van der Waals surface area contributed by atoms with E-state index < -0.39 is 6.04 Å². The maximum Gasteiger partial charge on any atom is 0.240 e. The van der Waals surface area contributed by atoms with Gasteiger partial charge in [0.05, 0.1) is 16.7 Å². The molecule has 0 aliphatic heterocycles. The Morgan fingerprint density at radius 2 is 1.61 bits per heavy atom. The van der Waals surface area contributed by atoms with Crippen molar-refractivity contribution in [3.05, 3.63) is 42.1 Å². The van der Waals surface area contributed by atoms with E-state index in [2.05, 4.69) is 41.5 Å². The topological polar surface area (TPSA) is 77.0 Å². The first-order valence-corrected chi connectivity index (χ1v) is 14.1. The van der Waals surface area contributed by atoms with E-state index in [0.717, 1.165) is 85.5 Å². The molecule has 5 rings (SSSR count). The maximum atomic E-state index is 13.1. The van der Waals surface area contributed by atoms with Crippen LogP contribution in [0.15, 0.2) is 36.4 Å². The molecule has 3 aromatic rings. The molecule has 0 saturated heterocycles. The molecule has 192 valence electrons. The Morgan fingerprint density at radius 1 is 0.944 bits per heavy atom. The molecule has 2 saturated carbocycles. The summed E-state index contributed by atoms with van der Waals surface area (Å²) in [5, 5.41) is 0. The van der Waals surface area contributed by atoms with Crippen LogP contribution in [0.2, 0.25) is 0 Å². The number of primary amides is 1. The van der Waals surface area contributed by atoms with Crippen molar-refractivity contribution in [3.8, 4) is 11.4 Å². The molecule has 6 heteroatoms. The molecule has 0 radical (unpaired) electrons. The lowest BCUT2D eigenvalue weighted by Gasteiger charge is -2.31. The highest BCUT2D eigenvalue weighted by atomic mass is 16.1. The molecular weight excluding hydrogens is 446 g/mol. The van der Waals surface area contributed by atoms with E-state index in [-0.39, 0.29) is 11.8 Å². The molecule has 2 fully saturated rings. The van der Waals surface area contributed by atoms with Crippen LogP contribution in [-0.4, -0.2) is 33.5 Å². The number of anilines is 1. The third kappa shape index (κ3) is 4.74. The first-order chi connectivity index (χ1) is 17.6. The van der Waals surface area contributed by atoms with E-state index in [1.54, 1.807) is 0 Å². The Labute approximate surface area is 215 Å². The van der Waals surface area contributed by atoms with Crippen LogP contribution in [0.1, 0.15) is 95.7 Å². The number of aromatic nitrogens is 3. The van der Waals surface area contributed by atoms with Crippen LogP contribution >= 0.6 is 0 Å². The summed E-state index contributed by atoms with van der Waals surface area (Å²) in [7, 11) is 0. The fourth-order valence-electron chi connectivity index (χ4n) is 6.60. The Balaban J connectivity index is 1.71. The number of benzene rings is 1. The molecule has 36 heavy (non-hydrogen) atoms. The summed E-state index contributed by atoms with van der Waals surface area (Å²) in [6.45, 7) is 6.22. The second-order valence-corrected chi connectivity index (χ2v) is 10.6. The number of rotatable bonds is 8. The molecule has 1 atom stereocenters. The van der Waals surface area contributed by atoms with Crippen LogP contribution in [0.3, 0.4) is 0 Å². The number of fused-ring (bicyclic) bond motifs is 1. The van der Waals surface area contributed by atoms with Crippen LogP contribution in [-0.2, 0) is 4.79 Å². The van der Waals surface area contributed by atoms with E-state index >= 15 is 0 Å². The normalized spacial score (nSPS) is 18.4. The minimum atomic E-state index is -0.394. The summed E-state index contributed by atoms with van der Waals surface area (Å²) < 4.78 is 2.17. The van der Waals surface area contributed by atoms with Crippen LogP contribution in [0, 0.1) is 5.92 Å². The van der Waals surface area contributed by atoms with E-state index in [4.69, 9.17) is 15.7 Å². The summed E-state index contributed by atoms with van der Waals surface area (Å²) >= 11 is 0. The zero-order valence-corrected chi connectivity index (χ0v) is 22.0. The molecule has 2 heterocycles. The Bertz CT molecular complexity index is 1190. The highest BCUT2D eigenvalue weighted by Gasteiger charge is 2.34. The van der Waals surface area contributed by atoms with Crippen molar-refractivity contribution < 1.29 is 4.79 Å². The predicted molar refractivity (Wildman–Crippen MR) is 147 cm³/mol.